The Morgan fingerprint density at radius 1 is 0.737 bits per heavy atom. The molecule has 5 heteroatoms. The van der Waals surface area contributed by atoms with Crippen LogP contribution in [0.3, 0.4) is 0 Å². The van der Waals surface area contributed by atoms with E-state index in [-0.39, 0.29) is 11.3 Å². The summed E-state index contributed by atoms with van der Waals surface area (Å²) in [6, 6.07) is 34.1. The van der Waals surface area contributed by atoms with Gasteiger partial charge in [0.2, 0.25) is 0 Å². The molecule has 5 aliphatic rings. The van der Waals surface area contributed by atoms with E-state index in [1.807, 2.05) is 31.5 Å². The van der Waals surface area contributed by atoms with Crippen molar-refractivity contribution in [2.75, 3.05) is 17.6 Å². The predicted octanol–water partition coefficient (Wildman–Crippen LogP) is 11.7. The van der Waals surface area contributed by atoms with Gasteiger partial charge in [-0.3, -0.25) is 14.1 Å². The number of hydrogen-bond donors (Lipinski definition) is 2. The number of anilines is 2. The van der Waals surface area contributed by atoms with E-state index in [2.05, 4.69) is 171 Å². The van der Waals surface area contributed by atoms with Crippen LogP contribution in [0.2, 0.25) is 0 Å². The molecule has 274 valence electrons. The monoisotopic (exact) mass is 735 g/mol. The van der Waals surface area contributed by atoms with Gasteiger partial charge in [-0.2, -0.15) is 0 Å². The fraction of sp³-hybridized carbons (Fsp3) is 0.135. The smallest absolute Gasteiger partial charge is 0.119 e. The van der Waals surface area contributed by atoms with Gasteiger partial charge in [0.15, 0.2) is 0 Å². The van der Waals surface area contributed by atoms with Crippen LogP contribution >= 0.6 is 0 Å². The second-order valence-electron chi connectivity index (χ2n) is 16.0. The molecule has 3 aromatic heterocycles. The Labute approximate surface area is 332 Å². The summed E-state index contributed by atoms with van der Waals surface area (Å²) in [5.41, 5.74) is 21.6. The molecule has 4 heterocycles. The SMILES string of the molecule is C/C=C\c1c(N)n(-c2ccc(-c3ccc(-n4c5c(c6ccc7c(c64)C4C=CC=CC4[C@]74c6ccccc6C6C=CC=CC64)C=CCN5)cc3)cc2)c2ccncc12. The first-order valence-electron chi connectivity index (χ1n) is 20.2. The molecule has 0 radical (unpaired) electrons. The van der Waals surface area contributed by atoms with Crippen molar-refractivity contribution in [1.29, 1.82) is 0 Å². The molecule has 12 rings (SSSR count). The molecule has 7 aromatic rings. The Morgan fingerprint density at radius 2 is 1.44 bits per heavy atom. The Bertz CT molecular complexity index is 3000. The Hall–Kier alpha value is -6.85. The molecule has 0 saturated heterocycles. The number of nitrogens with one attached hydrogen (secondary N) is 1. The van der Waals surface area contributed by atoms with Crippen molar-refractivity contribution in [3.8, 4) is 22.5 Å². The highest BCUT2D eigenvalue weighted by Crippen LogP contribution is 2.68. The lowest BCUT2D eigenvalue weighted by molar-refractivity contribution is 0.312. The summed E-state index contributed by atoms with van der Waals surface area (Å²) in [6.45, 7) is 2.82. The van der Waals surface area contributed by atoms with Gasteiger partial charge in [-0.15, -0.1) is 0 Å². The minimum atomic E-state index is -0.157. The van der Waals surface area contributed by atoms with Gasteiger partial charge in [-0.05, 0) is 70.6 Å². The third-order valence-corrected chi connectivity index (χ3v) is 13.5. The lowest BCUT2D eigenvalue weighted by Crippen LogP contribution is -2.38. The molecular formula is C52H41N5. The standard InChI is InChI=1S/C52H41N5/c1-2-10-39-42-31-54-30-28-47(42)56(50(39)53)34-22-18-32(19-23-34)33-20-24-35(25-21-33)57-49-38(40-14-9-29-55-51(40)57)26-27-46-48(49)41-13-5-8-17-45(41)52(46)43-15-6-3-11-36(43)37-12-4-7-16-44(37)52/h2-28,30-31,36,41,43,45,55H,29,53H2,1H3/b10-2-/t36?,41?,43?,45?,52-/m0/s1. The zero-order valence-corrected chi connectivity index (χ0v) is 31.7. The van der Waals surface area contributed by atoms with E-state index in [1.165, 1.54) is 50.1 Å². The summed E-state index contributed by atoms with van der Waals surface area (Å²) in [6.07, 6.45) is 31.4. The van der Waals surface area contributed by atoms with Crippen LogP contribution in [0, 0.1) is 11.8 Å². The summed E-state index contributed by atoms with van der Waals surface area (Å²) in [5, 5.41) is 6.15. The molecule has 57 heavy (non-hydrogen) atoms. The quantitative estimate of drug-likeness (QED) is 0.189. The van der Waals surface area contributed by atoms with E-state index in [4.69, 9.17) is 5.73 Å². The normalized spacial score (nSPS) is 23.3. The van der Waals surface area contributed by atoms with Crippen LogP contribution < -0.4 is 11.1 Å². The molecule has 4 aliphatic carbocycles. The molecule has 1 aliphatic heterocycles. The number of allylic oxidation sites excluding steroid dienone is 9. The third-order valence-electron chi connectivity index (χ3n) is 13.5. The highest BCUT2D eigenvalue weighted by molar-refractivity contribution is 6.02. The summed E-state index contributed by atoms with van der Waals surface area (Å²) < 4.78 is 4.64. The van der Waals surface area contributed by atoms with Crippen LogP contribution in [-0.4, -0.2) is 20.7 Å². The van der Waals surface area contributed by atoms with E-state index < -0.39 is 0 Å². The van der Waals surface area contributed by atoms with Gasteiger partial charge in [0.25, 0.3) is 0 Å². The van der Waals surface area contributed by atoms with Crippen LogP contribution in [0.5, 0.6) is 0 Å². The highest BCUT2D eigenvalue weighted by atomic mass is 15.1. The first-order chi connectivity index (χ1) is 28.2. The lowest BCUT2D eigenvalue weighted by atomic mass is 9.61. The van der Waals surface area contributed by atoms with Crippen LogP contribution in [0.25, 0.3) is 56.5 Å². The molecule has 4 unspecified atom stereocenters. The van der Waals surface area contributed by atoms with E-state index in [0.717, 1.165) is 39.9 Å². The second-order valence-corrected chi connectivity index (χ2v) is 16.0. The minimum absolute atomic E-state index is 0.157. The predicted molar refractivity (Wildman–Crippen MR) is 236 cm³/mol. The van der Waals surface area contributed by atoms with Gasteiger partial charge >= 0.3 is 0 Å². The largest absolute Gasteiger partial charge is 0.384 e. The van der Waals surface area contributed by atoms with Crippen molar-refractivity contribution in [3.05, 3.63) is 198 Å². The maximum atomic E-state index is 6.75. The van der Waals surface area contributed by atoms with Gasteiger partial charge in [-0.1, -0.05) is 134 Å². The van der Waals surface area contributed by atoms with Gasteiger partial charge in [0.1, 0.15) is 11.6 Å². The number of rotatable bonds is 4. The average molecular weight is 736 g/mol. The van der Waals surface area contributed by atoms with Crippen molar-refractivity contribution in [3.63, 3.8) is 0 Å². The van der Waals surface area contributed by atoms with Gasteiger partial charge < -0.3 is 11.1 Å². The molecule has 4 aromatic carbocycles. The number of fused-ring (bicyclic) bond motifs is 15. The summed E-state index contributed by atoms with van der Waals surface area (Å²) in [4.78, 5) is 4.38. The van der Waals surface area contributed by atoms with Crippen LogP contribution in [-0.2, 0) is 5.41 Å². The van der Waals surface area contributed by atoms with Gasteiger partial charge in [0, 0.05) is 81.3 Å². The molecule has 0 amide bonds. The molecule has 0 bridgehead atoms. The average Bonchev–Trinajstić information content (AvgIpc) is 3.96. The van der Waals surface area contributed by atoms with Crippen molar-refractivity contribution in [1.82, 2.24) is 14.1 Å². The number of nitrogens with zero attached hydrogens (tertiary/aromatic N) is 3. The van der Waals surface area contributed by atoms with Gasteiger partial charge in [0.05, 0.1) is 11.0 Å². The van der Waals surface area contributed by atoms with Crippen LogP contribution in [0.15, 0.2) is 164 Å². The van der Waals surface area contributed by atoms with E-state index in [9.17, 15) is 0 Å². The first kappa shape index (κ1) is 32.4. The fourth-order valence-corrected chi connectivity index (χ4v) is 11.4. The zero-order valence-electron chi connectivity index (χ0n) is 31.7. The summed E-state index contributed by atoms with van der Waals surface area (Å²) in [7, 11) is 0. The third kappa shape index (κ3) is 4.26. The van der Waals surface area contributed by atoms with E-state index >= 15 is 0 Å². The second kappa shape index (κ2) is 12.1. The van der Waals surface area contributed by atoms with Crippen molar-refractivity contribution in [2.45, 2.75) is 24.2 Å². The van der Waals surface area contributed by atoms with E-state index in [0.29, 0.717) is 23.6 Å². The first-order valence-corrected chi connectivity index (χ1v) is 20.2. The Morgan fingerprint density at radius 3 is 2.21 bits per heavy atom. The van der Waals surface area contributed by atoms with E-state index in [1.54, 1.807) is 0 Å². The van der Waals surface area contributed by atoms with Gasteiger partial charge in [-0.25, -0.2) is 0 Å². The van der Waals surface area contributed by atoms with Crippen molar-refractivity contribution >= 4 is 45.6 Å². The van der Waals surface area contributed by atoms with Crippen molar-refractivity contribution in [2.24, 2.45) is 11.8 Å². The number of hydrogen-bond acceptors (Lipinski definition) is 3. The molecule has 3 N–H and O–H groups in total. The Balaban J connectivity index is 1.00. The molecule has 1 spiro atoms. The number of nitrogens with two attached hydrogens (primary N) is 1. The minimum Gasteiger partial charge on any atom is -0.384 e. The number of nitrogen functional groups attached to an aromatic ring is 1. The molecule has 0 saturated carbocycles. The zero-order chi connectivity index (χ0) is 37.8. The lowest BCUT2D eigenvalue weighted by Gasteiger charge is -2.40. The van der Waals surface area contributed by atoms with Crippen molar-refractivity contribution < 1.29 is 0 Å². The number of aromatic nitrogens is 3. The highest BCUT2D eigenvalue weighted by Gasteiger charge is 2.61. The summed E-state index contributed by atoms with van der Waals surface area (Å²) >= 11 is 0. The topological polar surface area (TPSA) is 60.8 Å². The maximum Gasteiger partial charge on any atom is 0.119 e. The Kier molecular flexibility index (Phi) is 6.86. The molecular weight excluding hydrogens is 695 g/mol. The fourth-order valence-electron chi connectivity index (χ4n) is 11.4. The maximum absolute atomic E-state index is 6.75. The molecule has 5 nitrogen and oxygen atoms in total. The molecule has 5 atom stereocenters. The number of pyridine rings is 1. The van der Waals surface area contributed by atoms with Crippen LogP contribution in [0.1, 0.15) is 52.1 Å². The molecule has 0 fully saturated rings. The number of benzene rings is 4. The summed E-state index contributed by atoms with van der Waals surface area (Å²) in [5.74, 6) is 3.17. The van der Waals surface area contributed by atoms with Crippen LogP contribution in [0.4, 0.5) is 11.6 Å².